The average Bonchev–Trinajstić information content (AvgIpc) is 2.29. The van der Waals surface area contributed by atoms with Crippen molar-refractivity contribution in [3.05, 3.63) is 34.4 Å². The van der Waals surface area contributed by atoms with Crippen LogP contribution in [0.25, 0.3) is 10.9 Å². The smallest absolute Gasteiger partial charge is 0.188 e. The first-order chi connectivity index (χ1) is 7.72. The fraction of sp³-hybridized carbons (Fsp3) is 0.250. The Bertz CT molecular complexity index is 514. The van der Waals surface area contributed by atoms with Crippen LogP contribution >= 0.6 is 15.9 Å². The zero-order valence-corrected chi connectivity index (χ0v) is 10.7. The number of aryl methyl sites for hydroxylation is 1. The van der Waals surface area contributed by atoms with Gasteiger partial charge < -0.3 is 9.47 Å². The number of nitrogens with zero attached hydrogens (tertiary/aromatic N) is 1. The third-order valence-electron chi connectivity index (χ3n) is 2.24. The Balaban J connectivity index is 2.50. The molecule has 0 N–H and O–H groups in total. The predicted molar refractivity (Wildman–Crippen MR) is 66.7 cm³/mol. The van der Waals surface area contributed by atoms with E-state index < -0.39 is 0 Å². The van der Waals surface area contributed by atoms with E-state index in [2.05, 4.69) is 20.9 Å². The average molecular weight is 282 g/mol. The van der Waals surface area contributed by atoms with Crippen LogP contribution in [0, 0.1) is 6.92 Å². The number of hydrogen-bond acceptors (Lipinski definition) is 3. The molecule has 0 aliphatic carbocycles. The molecule has 0 radical (unpaired) electrons. The van der Waals surface area contributed by atoms with E-state index in [1.165, 1.54) is 0 Å². The van der Waals surface area contributed by atoms with Crippen molar-refractivity contribution in [2.45, 2.75) is 6.92 Å². The van der Waals surface area contributed by atoms with Gasteiger partial charge in [0.05, 0.1) is 9.99 Å². The van der Waals surface area contributed by atoms with Gasteiger partial charge in [-0.2, -0.15) is 0 Å². The lowest BCUT2D eigenvalue weighted by Gasteiger charge is -2.09. The molecule has 2 aromatic rings. The summed E-state index contributed by atoms with van der Waals surface area (Å²) < 4.78 is 11.2. The molecule has 3 nitrogen and oxygen atoms in total. The monoisotopic (exact) mass is 281 g/mol. The minimum Gasteiger partial charge on any atom is -0.466 e. The second kappa shape index (κ2) is 4.80. The van der Waals surface area contributed by atoms with Crippen LogP contribution in [-0.4, -0.2) is 18.9 Å². The highest BCUT2D eigenvalue weighted by atomic mass is 79.9. The molecule has 0 aliphatic heterocycles. The Kier molecular flexibility index (Phi) is 3.41. The minimum atomic E-state index is 0.232. The zero-order valence-electron chi connectivity index (χ0n) is 9.16. The highest BCUT2D eigenvalue weighted by Crippen LogP contribution is 2.32. The van der Waals surface area contributed by atoms with Gasteiger partial charge in [-0.15, -0.1) is 0 Å². The van der Waals surface area contributed by atoms with Gasteiger partial charge in [0.15, 0.2) is 6.79 Å². The van der Waals surface area contributed by atoms with Crippen LogP contribution in [0.1, 0.15) is 5.69 Å². The summed E-state index contributed by atoms with van der Waals surface area (Å²) in [6, 6.07) is 7.92. The van der Waals surface area contributed by atoms with Crippen molar-refractivity contribution in [1.29, 1.82) is 0 Å². The minimum absolute atomic E-state index is 0.232. The summed E-state index contributed by atoms with van der Waals surface area (Å²) in [5.41, 5.74) is 1.89. The molecule has 2 rings (SSSR count). The van der Waals surface area contributed by atoms with Gasteiger partial charge in [-0.05, 0) is 41.1 Å². The Morgan fingerprint density at radius 3 is 2.75 bits per heavy atom. The molecule has 16 heavy (non-hydrogen) atoms. The maximum Gasteiger partial charge on any atom is 0.188 e. The summed E-state index contributed by atoms with van der Waals surface area (Å²) >= 11 is 3.50. The second-order valence-corrected chi connectivity index (χ2v) is 4.25. The highest BCUT2D eigenvalue weighted by Gasteiger charge is 2.07. The van der Waals surface area contributed by atoms with E-state index >= 15 is 0 Å². The molecular formula is C12H12BrNO2. The fourth-order valence-corrected chi connectivity index (χ4v) is 2.03. The van der Waals surface area contributed by atoms with Crippen LogP contribution in [0.15, 0.2) is 28.7 Å². The summed E-state index contributed by atoms with van der Waals surface area (Å²) in [4.78, 5) is 4.48. The number of hydrogen-bond donors (Lipinski definition) is 0. The van der Waals surface area contributed by atoms with E-state index in [0.29, 0.717) is 0 Å². The Labute approximate surface area is 103 Å². The third kappa shape index (κ3) is 2.18. The standard InChI is InChI=1S/C12H12BrNO2/c1-8-3-4-9-5-6-10(16-7-15-2)11(13)12(9)14-8/h3-6H,7H2,1-2H3. The van der Waals surface area contributed by atoms with Gasteiger partial charge in [-0.1, -0.05) is 6.07 Å². The summed E-state index contributed by atoms with van der Waals surface area (Å²) in [5.74, 6) is 0.743. The molecule has 0 saturated carbocycles. The van der Waals surface area contributed by atoms with E-state index in [4.69, 9.17) is 9.47 Å². The van der Waals surface area contributed by atoms with Crippen molar-refractivity contribution in [2.75, 3.05) is 13.9 Å². The first-order valence-corrected chi connectivity index (χ1v) is 5.69. The number of pyridine rings is 1. The topological polar surface area (TPSA) is 31.4 Å². The molecule has 1 heterocycles. The van der Waals surface area contributed by atoms with Crippen LogP contribution < -0.4 is 4.74 Å². The van der Waals surface area contributed by atoms with Gasteiger partial charge in [0.25, 0.3) is 0 Å². The maximum absolute atomic E-state index is 5.42. The molecule has 0 fully saturated rings. The van der Waals surface area contributed by atoms with E-state index in [1.54, 1.807) is 7.11 Å². The number of ether oxygens (including phenoxy) is 2. The van der Waals surface area contributed by atoms with E-state index in [-0.39, 0.29) is 6.79 Å². The van der Waals surface area contributed by atoms with Gasteiger partial charge in [-0.25, -0.2) is 0 Å². The van der Waals surface area contributed by atoms with Crippen LogP contribution in [0.5, 0.6) is 5.75 Å². The number of aromatic nitrogens is 1. The molecule has 1 aromatic carbocycles. The lowest BCUT2D eigenvalue weighted by atomic mass is 10.2. The van der Waals surface area contributed by atoms with Crippen molar-refractivity contribution in [3.8, 4) is 5.75 Å². The third-order valence-corrected chi connectivity index (χ3v) is 3.00. The van der Waals surface area contributed by atoms with Gasteiger partial charge >= 0.3 is 0 Å². The molecule has 0 unspecified atom stereocenters. The van der Waals surface area contributed by atoms with Crippen molar-refractivity contribution in [3.63, 3.8) is 0 Å². The summed E-state index contributed by atoms with van der Waals surface area (Å²) in [7, 11) is 1.59. The van der Waals surface area contributed by atoms with Gasteiger partial charge in [-0.3, -0.25) is 4.98 Å². The number of fused-ring (bicyclic) bond motifs is 1. The van der Waals surface area contributed by atoms with Crippen LogP contribution in [0.4, 0.5) is 0 Å². The molecule has 0 bridgehead atoms. The Morgan fingerprint density at radius 1 is 1.25 bits per heavy atom. The number of benzene rings is 1. The van der Waals surface area contributed by atoms with Gasteiger partial charge in [0.1, 0.15) is 5.75 Å². The van der Waals surface area contributed by atoms with Crippen LogP contribution in [0.2, 0.25) is 0 Å². The normalized spacial score (nSPS) is 10.7. The van der Waals surface area contributed by atoms with E-state index in [1.807, 2.05) is 31.2 Å². The SMILES string of the molecule is COCOc1ccc2ccc(C)nc2c1Br. The molecule has 0 aliphatic rings. The largest absolute Gasteiger partial charge is 0.466 e. The van der Waals surface area contributed by atoms with Crippen molar-refractivity contribution in [2.24, 2.45) is 0 Å². The molecule has 0 amide bonds. The predicted octanol–water partition coefficient (Wildman–Crippen LogP) is 3.29. The van der Waals surface area contributed by atoms with Crippen LogP contribution in [-0.2, 0) is 4.74 Å². The van der Waals surface area contributed by atoms with Crippen molar-refractivity contribution < 1.29 is 9.47 Å². The Morgan fingerprint density at radius 2 is 2.00 bits per heavy atom. The quantitative estimate of drug-likeness (QED) is 0.809. The number of rotatable bonds is 3. The molecular weight excluding hydrogens is 270 g/mol. The Hall–Kier alpha value is -1.13. The van der Waals surface area contributed by atoms with Gasteiger partial charge in [0.2, 0.25) is 0 Å². The summed E-state index contributed by atoms with van der Waals surface area (Å²) in [6.07, 6.45) is 0. The maximum atomic E-state index is 5.42. The van der Waals surface area contributed by atoms with Crippen molar-refractivity contribution >= 4 is 26.8 Å². The van der Waals surface area contributed by atoms with Crippen LogP contribution in [0.3, 0.4) is 0 Å². The molecule has 1 aromatic heterocycles. The fourth-order valence-electron chi connectivity index (χ4n) is 1.47. The first kappa shape index (κ1) is 11.4. The van der Waals surface area contributed by atoms with E-state index in [0.717, 1.165) is 26.8 Å². The zero-order chi connectivity index (χ0) is 11.5. The summed E-state index contributed by atoms with van der Waals surface area (Å²) in [5, 5.41) is 1.09. The lowest BCUT2D eigenvalue weighted by Crippen LogP contribution is -1.99. The summed E-state index contributed by atoms with van der Waals surface area (Å²) in [6.45, 7) is 2.20. The molecule has 0 saturated heterocycles. The molecule has 0 spiro atoms. The van der Waals surface area contributed by atoms with E-state index in [9.17, 15) is 0 Å². The molecule has 0 atom stereocenters. The molecule has 4 heteroatoms. The lowest BCUT2D eigenvalue weighted by molar-refractivity contribution is 0.0507. The molecule has 84 valence electrons. The van der Waals surface area contributed by atoms with Gasteiger partial charge in [0, 0.05) is 18.2 Å². The second-order valence-electron chi connectivity index (χ2n) is 3.45. The number of halogens is 1. The number of methoxy groups -OCH3 is 1. The first-order valence-electron chi connectivity index (χ1n) is 4.90. The van der Waals surface area contributed by atoms with Crippen molar-refractivity contribution in [1.82, 2.24) is 4.98 Å². The highest BCUT2D eigenvalue weighted by molar-refractivity contribution is 9.10.